The molecule has 6 nitrogen and oxygen atoms in total. The second-order valence-electron chi connectivity index (χ2n) is 7.06. The number of ether oxygens (including phenoxy) is 3. The Morgan fingerprint density at radius 1 is 1.07 bits per heavy atom. The van der Waals surface area contributed by atoms with Crippen LogP contribution in [0.5, 0.6) is 17.2 Å². The Morgan fingerprint density at radius 3 is 2.71 bits per heavy atom. The summed E-state index contributed by atoms with van der Waals surface area (Å²) in [5.41, 5.74) is 0.732. The van der Waals surface area contributed by atoms with Crippen LogP contribution in [0.3, 0.4) is 0 Å². The molecule has 28 heavy (non-hydrogen) atoms. The van der Waals surface area contributed by atoms with Crippen molar-refractivity contribution in [3.8, 4) is 17.2 Å². The highest BCUT2D eigenvalue weighted by Crippen LogP contribution is 2.36. The molecule has 0 unspecified atom stereocenters. The molecule has 0 aromatic heterocycles. The maximum Gasteiger partial charge on any atom is 0.315 e. The van der Waals surface area contributed by atoms with Crippen LogP contribution in [-0.2, 0) is 6.54 Å². The van der Waals surface area contributed by atoms with E-state index in [4.69, 9.17) is 14.2 Å². The minimum atomic E-state index is -0.305. The number of benzene rings is 2. The molecule has 2 aromatic carbocycles. The molecule has 2 amide bonds. The summed E-state index contributed by atoms with van der Waals surface area (Å²) >= 11 is 0. The van der Waals surface area contributed by atoms with Crippen molar-refractivity contribution in [1.29, 1.82) is 0 Å². The second kappa shape index (κ2) is 8.37. The first-order chi connectivity index (χ1) is 13.7. The predicted octanol–water partition coefficient (Wildman–Crippen LogP) is 3.74. The van der Waals surface area contributed by atoms with Gasteiger partial charge in [-0.3, -0.25) is 0 Å². The van der Waals surface area contributed by atoms with Gasteiger partial charge in [-0.2, -0.15) is 0 Å². The van der Waals surface area contributed by atoms with Gasteiger partial charge in [0, 0.05) is 18.7 Å². The molecule has 148 valence electrons. The molecule has 2 aromatic rings. The molecular weight excluding hydrogens is 363 g/mol. The molecule has 0 bridgehead atoms. The van der Waals surface area contributed by atoms with Crippen LogP contribution in [0.4, 0.5) is 9.18 Å². The summed E-state index contributed by atoms with van der Waals surface area (Å²) in [5.74, 6) is 1.92. The highest BCUT2D eigenvalue weighted by Gasteiger charge is 2.24. The monoisotopic (exact) mass is 386 g/mol. The number of fused-ring (bicyclic) bond motifs is 1. The normalized spacial score (nSPS) is 20.5. The van der Waals surface area contributed by atoms with E-state index in [0.29, 0.717) is 12.3 Å². The average molecular weight is 386 g/mol. The minimum Gasteiger partial charge on any atom is -0.490 e. The van der Waals surface area contributed by atoms with Gasteiger partial charge in [-0.25, -0.2) is 9.18 Å². The highest BCUT2D eigenvalue weighted by atomic mass is 19.1. The molecule has 1 aliphatic carbocycles. The molecule has 0 saturated heterocycles. The van der Waals surface area contributed by atoms with Gasteiger partial charge in [-0.15, -0.1) is 0 Å². The van der Waals surface area contributed by atoms with Crippen molar-refractivity contribution < 1.29 is 23.4 Å². The van der Waals surface area contributed by atoms with Crippen molar-refractivity contribution in [2.45, 2.75) is 44.4 Å². The van der Waals surface area contributed by atoms with Crippen LogP contribution in [0, 0.1) is 5.82 Å². The van der Waals surface area contributed by atoms with Crippen LogP contribution in [0.2, 0.25) is 0 Å². The van der Waals surface area contributed by atoms with Crippen molar-refractivity contribution in [2.75, 3.05) is 6.79 Å². The Kier molecular flexibility index (Phi) is 5.50. The smallest absolute Gasteiger partial charge is 0.315 e. The van der Waals surface area contributed by atoms with Crippen molar-refractivity contribution in [3.63, 3.8) is 0 Å². The molecular formula is C21H23FN2O4. The van der Waals surface area contributed by atoms with Crippen LogP contribution >= 0.6 is 0 Å². The summed E-state index contributed by atoms with van der Waals surface area (Å²) in [7, 11) is 0. The summed E-state index contributed by atoms with van der Waals surface area (Å²) < 4.78 is 29.9. The van der Waals surface area contributed by atoms with Gasteiger partial charge in [0.15, 0.2) is 11.5 Å². The van der Waals surface area contributed by atoms with Gasteiger partial charge in [0.25, 0.3) is 0 Å². The maximum absolute atomic E-state index is 13.2. The number of rotatable bonds is 5. The quantitative estimate of drug-likeness (QED) is 0.821. The average Bonchev–Trinajstić information content (AvgIpc) is 3.16. The van der Waals surface area contributed by atoms with Crippen LogP contribution in [0.25, 0.3) is 0 Å². The lowest BCUT2D eigenvalue weighted by Gasteiger charge is -2.29. The van der Waals surface area contributed by atoms with Crippen molar-refractivity contribution >= 4 is 6.03 Å². The Balaban J connectivity index is 1.19. The first-order valence-electron chi connectivity index (χ1n) is 9.51. The van der Waals surface area contributed by atoms with Crippen molar-refractivity contribution in [3.05, 3.63) is 53.8 Å². The molecule has 2 aliphatic rings. The molecule has 1 fully saturated rings. The van der Waals surface area contributed by atoms with E-state index in [0.717, 1.165) is 42.7 Å². The van der Waals surface area contributed by atoms with E-state index in [9.17, 15) is 9.18 Å². The van der Waals surface area contributed by atoms with E-state index in [1.165, 1.54) is 12.1 Å². The van der Waals surface area contributed by atoms with E-state index >= 15 is 0 Å². The molecule has 1 saturated carbocycles. The standard InChI is InChI=1S/C21H23FN2O4/c22-15-3-1-2-14(10-15)12-23-21(25)24-16-4-6-17(7-5-16)28-18-8-9-19-20(11-18)27-13-26-19/h1-3,8-11,16-17H,4-7,12-13H2,(H2,23,24,25). The molecule has 7 heteroatoms. The fraction of sp³-hybridized carbons (Fsp3) is 0.381. The van der Waals surface area contributed by atoms with E-state index in [1.807, 2.05) is 18.2 Å². The van der Waals surface area contributed by atoms with Gasteiger partial charge in [0.2, 0.25) is 6.79 Å². The third-order valence-electron chi connectivity index (χ3n) is 5.00. The molecule has 1 heterocycles. The second-order valence-corrected chi connectivity index (χ2v) is 7.06. The van der Waals surface area contributed by atoms with E-state index in [1.54, 1.807) is 12.1 Å². The van der Waals surface area contributed by atoms with Crippen molar-refractivity contribution in [1.82, 2.24) is 10.6 Å². The summed E-state index contributed by atoms with van der Waals surface area (Å²) in [4.78, 5) is 12.1. The topological polar surface area (TPSA) is 68.8 Å². The Hall–Kier alpha value is -2.96. The number of nitrogens with one attached hydrogen (secondary N) is 2. The SMILES string of the molecule is O=C(NCc1cccc(F)c1)NC1CCC(Oc2ccc3c(c2)OCO3)CC1. The Bertz CT molecular complexity index is 837. The molecule has 0 spiro atoms. The third-order valence-corrected chi connectivity index (χ3v) is 5.00. The van der Waals surface area contributed by atoms with Gasteiger partial charge < -0.3 is 24.8 Å². The lowest BCUT2D eigenvalue weighted by Crippen LogP contribution is -2.44. The van der Waals surface area contributed by atoms with E-state index in [2.05, 4.69) is 10.6 Å². The minimum absolute atomic E-state index is 0.115. The van der Waals surface area contributed by atoms with E-state index < -0.39 is 0 Å². The first kappa shape index (κ1) is 18.4. The van der Waals surface area contributed by atoms with Gasteiger partial charge in [0.05, 0.1) is 6.10 Å². The first-order valence-corrected chi connectivity index (χ1v) is 9.51. The molecule has 4 rings (SSSR count). The highest BCUT2D eigenvalue weighted by molar-refractivity contribution is 5.74. The Morgan fingerprint density at radius 2 is 1.89 bits per heavy atom. The molecule has 0 atom stereocenters. The summed E-state index contributed by atoms with van der Waals surface area (Å²) in [6, 6.07) is 11.7. The number of carbonyl (C=O) groups is 1. The fourth-order valence-corrected chi connectivity index (χ4v) is 3.53. The van der Waals surface area contributed by atoms with Crippen LogP contribution in [0.1, 0.15) is 31.2 Å². The van der Waals surface area contributed by atoms with Gasteiger partial charge in [0.1, 0.15) is 11.6 Å². The van der Waals surface area contributed by atoms with Gasteiger partial charge >= 0.3 is 6.03 Å². The lowest BCUT2D eigenvalue weighted by molar-refractivity contribution is 0.139. The summed E-state index contributed by atoms with van der Waals surface area (Å²) in [6.45, 7) is 0.545. The molecule has 0 radical (unpaired) electrons. The number of carbonyl (C=O) groups excluding carboxylic acids is 1. The summed E-state index contributed by atoms with van der Waals surface area (Å²) in [5, 5.41) is 5.76. The zero-order valence-corrected chi connectivity index (χ0v) is 15.4. The third kappa shape index (κ3) is 4.65. The number of hydrogen-bond donors (Lipinski definition) is 2. The number of halogens is 1. The number of amides is 2. The molecule has 2 N–H and O–H groups in total. The van der Waals surface area contributed by atoms with Crippen molar-refractivity contribution in [2.24, 2.45) is 0 Å². The zero-order chi connectivity index (χ0) is 19.3. The Labute approximate surface area is 163 Å². The number of urea groups is 1. The number of hydrogen-bond acceptors (Lipinski definition) is 4. The molecule has 1 aliphatic heterocycles. The largest absolute Gasteiger partial charge is 0.490 e. The van der Waals surface area contributed by atoms with Gasteiger partial charge in [-0.1, -0.05) is 12.1 Å². The lowest BCUT2D eigenvalue weighted by atomic mass is 9.93. The summed E-state index contributed by atoms with van der Waals surface area (Å²) in [6.07, 6.45) is 3.55. The zero-order valence-electron chi connectivity index (χ0n) is 15.4. The maximum atomic E-state index is 13.2. The van der Waals surface area contributed by atoms with Gasteiger partial charge in [-0.05, 0) is 55.5 Å². The van der Waals surface area contributed by atoms with Crippen LogP contribution in [0.15, 0.2) is 42.5 Å². The van der Waals surface area contributed by atoms with Crippen LogP contribution in [-0.4, -0.2) is 25.0 Å². The van der Waals surface area contributed by atoms with Crippen LogP contribution < -0.4 is 24.8 Å². The predicted molar refractivity (Wildman–Crippen MR) is 101 cm³/mol. The fourth-order valence-electron chi connectivity index (χ4n) is 3.53. The van der Waals surface area contributed by atoms with E-state index in [-0.39, 0.29) is 30.8 Å².